The third kappa shape index (κ3) is 13.2. The van der Waals surface area contributed by atoms with Crippen molar-refractivity contribution in [3.8, 4) is 33.8 Å². The number of hydrogen-bond donors (Lipinski definition) is 6. The first-order chi connectivity index (χ1) is 32.1. The highest BCUT2D eigenvalue weighted by Gasteiger charge is 2.36. The Bertz CT molecular complexity index is 2410. The van der Waals surface area contributed by atoms with E-state index in [0.717, 1.165) is 24.2 Å². The number of nitrogens with one attached hydrogen (secondary N) is 4. The van der Waals surface area contributed by atoms with Crippen LogP contribution in [0.5, 0.6) is 11.5 Å². The summed E-state index contributed by atoms with van der Waals surface area (Å²) < 4.78 is 11.9. The minimum Gasteiger partial charge on any atom is -0.507 e. The number of nitrogens with zero attached hydrogens (tertiary/aromatic N) is 2. The number of carbonyl (C=O) groups is 6. The molecule has 67 heavy (non-hydrogen) atoms. The lowest BCUT2D eigenvalue weighted by Crippen LogP contribution is -2.56. The second-order valence-electron chi connectivity index (χ2n) is 17.0. The number of ether oxygens (including phenoxy) is 2. The molecular weight excluding hydrogens is 878 g/mol. The van der Waals surface area contributed by atoms with Gasteiger partial charge in [-0.2, -0.15) is 0 Å². The van der Waals surface area contributed by atoms with Gasteiger partial charge in [0.15, 0.2) is 5.78 Å². The monoisotopic (exact) mass is 937 g/mol. The molecule has 2 heterocycles. The molecule has 0 unspecified atom stereocenters. The van der Waals surface area contributed by atoms with Gasteiger partial charge in [-0.1, -0.05) is 48.0 Å². The van der Waals surface area contributed by atoms with Gasteiger partial charge < -0.3 is 46.5 Å². The van der Waals surface area contributed by atoms with Gasteiger partial charge in [0, 0.05) is 54.8 Å². The number of fused-ring (bicyclic) bond motifs is 5. The molecule has 4 aromatic carbocycles. The van der Waals surface area contributed by atoms with Crippen LogP contribution in [-0.2, 0) is 35.1 Å². The third-order valence-electron chi connectivity index (χ3n) is 12.1. The standard InChI is InChI=1S/C50H60ClN7O9/c1-30(32(3)59)53-48(63)42-28-33-8-18-43(60)39(27-33)40-29-37(15-19-44(40)67-26-23-58-21-24-66-25-22-58)45(49(64)54-31(2)46(61)56-42)57(4)50(65)41(7-5-6-20-52)55-47(62)36-11-9-34(10-12-36)35-13-16-38(51)17-14-35/h8-19,27,29-31,41-42,45,60H,5-7,20-26,28,52H2,1-4H3,(H,53,63)(H,54,64)(H,55,62)(H,56,61)/t30-,31-,41-,42-,45-/m0/s1. The van der Waals surface area contributed by atoms with Crippen molar-refractivity contribution in [2.45, 2.75) is 76.7 Å². The van der Waals surface area contributed by atoms with Gasteiger partial charge in [-0.25, -0.2) is 0 Å². The number of likely N-dealkylation sites (N-methyl/N-ethyl adjacent to an activating group) is 1. The number of phenols is 1. The molecule has 7 N–H and O–H groups in total. The van der Waals surface area contributed by atoms with Crippen LogP contribution in [0.4, 0.5) is 0 Å². The number of aromatic hydroxyl groups is 1. The fourth-order valence-electron chi connectivity index (χ4n) is 7.98. The van der Waals surface area contributed by atoms with Crippen LogP contribution in [-0.4, -0.2) is 127 Å². The average molecular weight is 939 g/mol. The highest BCUT2D eigenvalue weighted by molar-refractivity contribution is 6.30. The largest absolute Gasteiger partial charge is 0.507 e. The number of nitrogens with two attached hydrogens (primary N) is 1. The molecule has 6 rings (SSSR count). The molecule has 1 fully saturated rings. The van der Waals surface area contributed by atoms with Crippen LogP contribution in [0.2, 0.25) is 5.02 Å². The highest BCUT2D eigenvalue weighted by Crippen LogP contribution is 2.40. The van der Waals surface area contributed by atoms with E-state index in [1.807, 2.05) is 12.1 Å². The quantitative estimate of drug-likeness (QED) is 0.0877. The van der Waals surface area contributed by atoms with Gasteiger partial charge in [-0.15, -0.1) is 0 Å². The summed E-state index contributed by atoms with van der Waals surface area (Å²) in [7, 11) is 1.45. The van der Waals surface area contributed by atoms with Crippen LogP contribution in [0.3, 0.4) is 0 Å². The van der Waals surface area contributed by atoms with Crippen molar-refractivity contribution in [2.24, 2.45) is 5.73 Å². The number of hydrogen-bond acceptors (Lipinski definition) is 11. The summed E-state index contributed by atoms with van der Waals surface area (Å²) in [6.45, 7) is 8.27. The zero-order chi connectivity index (χ0) is 48.2. The predicted octanol–water partition coefficient (Wildman–Crippen LogP) is 4.16. The number of ketones is 1. The highest BCUT2D eigenvalue weighted by atomic mass is 35.5. The Labute approximate surface area is 395 Å². The molecule has 4 aromatic rings. The van der Waals surface area contributed by atoms with E-state index >= 15 is 0 Å². The minimum absolute atomic E-state index is 0.0350. The van der Waals surface area contributed by atoms with E-state index in [9.17, 15) is 33.9 Å². The molecule has 4 bridgehead atoms. The van der Waals surface area contributed by atoms with E-state index in [4.69, 9.17) is 26.8 Å². The van der Waals surface area contributed by atoms with Crippen LogP contribution < -0.4 is 31.7 Å². The first-order valence-corrected chi connectivity index (χ1v) is 23.0. The Morgan fingerprint density at radius 2 is 1.60 bits per heavy atom. The molecule has 0 radical (unpaired) electrons. The lowest BCUT2D eigenvalue weighted by Gasteiger charge is -2.33. The molecule has 5 atom stereocenters. The normalized spacial score (nSPS) is 18.6. The fourth-order valence-corrected chi connectivity index (χ4v) is 8.10. The predicted molar refractivity (Wildman–Crippen MR) is 254 cm³/mol. The van der Waals surface area contributed by atoms with E-state index in [1.165, 1.54) is 38.8 Å². The Hall–Kier alpha value is -6.33. The van der Waals surface area contributed by atoms with Crippen molar-refractivity contribution in [2.75, 3.05) is 53.0 Å². The van der Waals surface area contributed by atoms with Gasteiger partial charge in [-0.3, -0.25) is 33.7 Å². The third-order valence-corrected chi connectivity index (χ3v) is 12.3. The molecule has 2 aliphatic rings. The van der Waals surface area contributed by atoms with E-state index < -0.39 is 59.7 Å². The van der Waals surface area contributed by atoms with Crippen LogP contribution in [0.1, 0.15) is 67.6 Å². The van der Waals surface area contributed by atoms with E-state index in [-0.39, 0.29) is 31.0 Å². The summed E-state index contributed by atoms with van der Waals surface area (Å²) in [6.07, 6.45) is 1.23. The number of morpholine rings is 1. The first-order valence-electron chi connectivity index (χ1n) is 22.6. The van der Waals surface area contributed by atoms with Crippen molar-refractivity contribution in [1.29, 1.82) is 0 Å². The number of halogens is 1. The summed E-state index contributed by atoms with van der Waals surface area (Å²) in [5.41, 5.74) is 9.49. The number of amides is 5. The van der Waals surface area contributed by atoms with Crippen molar-refractivity contribution < 1.29 is 43.3 Å². The van der Waals surface area contributed by atoms with Gasteiger partial charge in [0.25, 0.3) is 5.91 Å². The maximum atomic E-state index is 14.8. The number of benzene rings is 4. The van der Waals surface area contributed by atoms with Crippen LogP contribution >= 0.6 is 11.6 Å². The lowest BCUT2D eigenvalue weighted by atomic mass is 9.93. The molecule has 5 amide bonds. The van der Waals surface area contributed by atoms with Crippen LogP contribution in [0.15, 0.2) is 84.9 Å². The Morgan fingerprint density at radius 1 is 0.910 bits per heavy atom. The van der Waals surface area contributed by atoms with E-state index in [0.29, 0.717) is 77.7 Å². The molecule has 16 nitrogen and oxygen atoms in total. The average Bonchev–Trinajstić information content (AvgIpc) is 3.32. The molecule has 0 saturated carbocycles. The molecule has 356 valence electrons. The Balaban J connectivity index is 1.37. The van der Waals surface area contributed by atoms with Crippen molar-refractivity contribution in [3.63, 3.8) is 0 Å². The number of unbranched alkanes of at least 4 members (excludes halogenated alkanes) is 1. The van der Waals surface area contributed by atoms with Crippen LogP contribution in [0.25, 0.3) is 22.3 Å². The van der Waals surface area contributed by atoms with Crippen molar-refractivity contribution >= 4 is 46.9 Å². The summed E-state index contributed by atoms with van der Waals surface area (Å²) in [5.74, 6) is -3.21. The van der Waals surface area contributed by atoms with Gasteiger partial charge in [-0.05, 0) is 117 Å². The topological polar surface area (TPSA) is 222 Å². The zero-order valence-electron chi connectivity index (χ0n) is 38.3. The second kappa shape index (κ2) is 23.4. The van der Waals surface area contributed by atoms with E-state index in [1.54, 1.807) is 66.7 Å². The summed E-state index contributed by atoms with van der Waals surface area (Å²) in [6, 6.07) is 18.2. The summed E-state index contributed by atoms with van der Waals surface area (Å²) in [4.78, 5) is 86.4. The molecule has 2 aliphatic heterocycles. The fraction of sp³-hybridized carbons (Fsp3) is 0.400. The summed E-state index contributed by atoms with van der Waals surface area (Å²) >= 11 is 6.08. The number of rotatable bonds is 16. The second-order valence-corrected chi connectivity index (χ2v) is 17.4. The molecule has 0 aromatic heterocycles. The molecule has 1 saturated heterocycles. The summed E-state index contributed by atoms with van der Waals surface area (Å²) in [5, 5.41) is 23.1. The van der Waals surface area contributed by atoms with Gasteiger partial charge in [0.2, 0.25) is 23.6 Å². The van der Waals surface area contributed by atoms with Crippen LogP contribution in [0, 0.1) is 0 Å². The molecule has 0 aliphatic carbocycles. The van der Waals surface area contributed by atoms with Crippen molar-refractivity contribution in [1.82, 2.24) is 31.1 Å². The first kappa shape index (κ1) is 50.1. The molecular formula is C50H60ClN7O9. The smallest absolute Gasteiger partial charge is 0.251 e. The van der Waals surface area contributed by atoms with E-state index in [2.05, 4.69) is 26.2 Å². The number of carbonyl (C=O) groups excluding carboxylic acids is 6. The zero-order valence-corrected chi connectivity index (χ0v) is 39.1. The Kier molecular flexibility index (Phi) is 17.5. The maximum absolute atomic E-state index is 14.8. The lowest BCUT2D eigenvalue weighted by molar-refractivity contribution is -0.141. The SMILES string of the molecule is CC(=O)[C@H](C)NC(=O)[C@@H]1Cc2ccc(O)c(c2)-c2cc(ccc2OCCN2CCOCC2)[C@H](N(C)C(=O)[C@H](CCCCN)NC(=O)c2ccc(-c3ccc(Cl)cc3)cc2)C(=O)N[C@@H](C)C(=O)N1. The number of Topliss-reactive ketones (excluding diaryl/α,β-unsaturated/α-hetero) is 1. The number of phenolic OH excluding ortho intramolecular Hbond substituents is 1. The Morgan fingerprint density at radius 3 is 2.27 bits per heavy atom. The maximum Gasteiger partial charge on any atom is 0.251 e. The molecule has 0 spiro atoms. The molecule has 17 heteroatoms. The van der Waals surface area contributed by atoms with Gasteiger partial charge in [0.1, 0.15) is 42.3 Å². The van der Waals surface area contributed by atoms with Crippen molar-refractivity contribution in [3.05, 3.63) is 107 Å². The minimum atomic E-state index is -1.39. The van der Waals surface area contributed by atoms with Gasteiger partial charge >= 0.3 is 0 Å². The van der Waals surface area contributed by atoms with Gasteiger partial charge in [0.05, 0.1) is 19.3 Å².